The first-order chi connectivity index (χ1) is 14.2. The highest BCUT2D eigenvalue weighted by atomic mass is 16.1. The van der Waals surface area contributed by atoms with Gasteiger partial charge in [0.05, 0.1) is 11.4 Å². The Balaban J connectivity index is 1.70. The SMILES string of the molecule is CC(=O)c1ccccc1-c1cccc(-n2c(=O)c3c(n2C)[C@]2(C)CC[C@H]3C2(C)C)c1. The van der Waals surface area contributed by atoms with Crippen molar-refractivity contribution in [3.63, 3.8) is 0 Å². The number of carbonyl (C=O) groups excluding carboxylic acids is 1. The van der Waals surface area contributed by atoms with Crippen molar-refractivity contribution in [2.75, 3.05) is 0 Å². The third-order valence-corrected chi connectivity index (χ3v) is 8.11. The number of carbonyl (C=O) groups is 1. The molecule has 0 radical (unpaired) electrons. The molecule has 2 bridgehead atoms. The Labute approximate surface area is 177 Å². The molecule has 1 saturated carbocycles. The topological polar surface area (TPSA) is 44.0 Å². The van der Waals surface area contributed by atoms with E-state index in [-0.39, 0.29) is 22.2 Å². The van der Waals surface area contributed by atoms with Crippen molar-refractivity contribution in [3.8, 4) is 16.8 Å². The van der Waals surface area contributed by atoms with Gasteiger partial charge in [0.2, 0.25) is 0 Å². The highest BCUT2D eigenvalue weighted by molar-refractivity contribution is 6.00. The van der Waals surface area contributed by atoms with E-state index in [4.69, 9.17) is 0 Å². The molecular formula is C26H28N2O2. The zero-order valence-corrected chi connectivity index (χ0v) is 18.3. The second kappa shape index (κ2) is 6.07. The van der Waals surface area contributed by atoms with Gasteiger partial charge in [-0.25, -0.2) is 4.68 Å². The fourth-order valence-corrected chi connectivity index (χ4v) is 6.16. The molecule has 0 unspecified atom stereocenters. The average molecular weight is 401 g/mol. The Bertz CT molecular complexity index is 1260. The minimum Gasteiger partial charge on any atom is -0.294 e. The fourth-order valence-electron chi connectivity index (χ4n) is 6.16. The summed E-state index contributed by atoms with van der Waals surface area (Å²) in [5.74, 6) is 0.358. The van der Waals surface area contributed by atoms with Gasteiger partial charge < -0.3 is 0 Å². The van der Waals surface area contributed by atoms with Crippen molar-refractivity contribution in [3.05, 3.63) is 75.7 Å². The molecule has 1 aromatic heterocycles. The number of hydrogen-bond donors (Lipinski definition) is 0. The number of Topliss-reactive ketones (excluding diaryl/α,β-unsaturated/α-hetero) is 1. The standard InChI is InChI=1S/C26H28N2O2/c1-16(29)19-11-6-7-12-20(19)17-9-8-10-18(15-17)28-24(30)22-21-13-14-26(4,25(21,2)3)23(22)27(28)5/h6-12,15,21H,13-14H2,1-5H3/t21-,26+/m1/s1. The van der Waals surface area contributed by atoms with Gasteiger partial charge in [-0.05, 0) is 54.4 Å². The number of ketones is 1. The number of nitrogens with zero attached hydrogens (tertiary/aromatic N) is 2. The van der Waals surface area contributed by atoms with Crippen molar-refractivity contribution in [1.82, 2.24) is 9.36 Å². The summed E-state index contributed by atoms with van der Waals surface area (Å²) in [4.78, 5) is 25.7. The molecule has 5 rings (SSSR count). The van der Waals surface area contributed by atoms with E-state index in [9.17, 15) is 9.59 Å². The fraction of sp³-hybridized carbons (Fsp3) is 0.385. The Morgan fingerprint density at radius 3 is 2.50 bits per heavy atom. The van der Waals surface area contributed by atoms with E-state index in [1.165, 1.54) is 5.69 Å². The molecule has 1 fully saturated rings. The molecule has 0 spiro atoms. The van der Waals surface area contributed by atoms with Crippen LogP contribution in [0.1, 0.15) is 68.1 Å². The van der Waals surface area contributed by atoms with Crippen molar-refractivity contribution in [2.45, 2.75) is 51.9 Å². The lowest BCUT2D eigenvalue weighted by Gasteiger charge is -2.36. The van der Waals surface area contributed by atoms with Gasteiger partial charge in [-0.1, -0.05) is 57.2 Å². The van der Waals surface area contributed by atoms with E-state index < -0.39 is 0 Å². The van der Waals surface area contributed by atoms with Gasteiger partial charge in [0.15, 0.2) is 5.78 Å². The van der Waals surface area contributed by atoms with E-state index in [0.29, 0.717) is 11.5 Å². The van der Waals surface area contributed by atoms with Crippen LogP contribution in [0.5, 0.6) is 0 Å². The summed E-state index contributed by atoms with van der Waals surface area (Å²) < 4.78 is 3.89. The molecule has 4 heteroatoms. The van der Waals surface area contributed by atoms with Gasteiger partial charge in [-0.3, -0.25) is 14.3 Å². The first-order valence-electron chi connectivity index (χ1n) is 10.7. The summed E-state index contributed by atoms with van der Waals surface area (Å²) in [6.07, 6.45) is 2.21. The lowest BCUT2D eigenvalue weighted by molar-refractivity contribution is 0.101. The van der Waals surface area contributed by atoms with Crippen LogP contribution in [0.3, 0.4) is 0 Å². The van der Waals surface area contributed by atoms with Crippen molar-refractivity contribution < 1.29 is 4.79 Å². The number of rotatable bonds is 3. The van der Waals surface area contributed by atoms with Gasteiger partial charge in [-0.15, -0.1) is 0 Å². The number of aromatic nitrogens is 2. The minimum absolute atomic E-state index is 0.0188. The van der Waals surface area contributed by atoms with Crippen molar-refractivity contribution in [1.29, 1.82) is 0 Å². The van der Waals surface area contributed by atoms with Gasteiger partial charge in [0.1, 0.15) is 0 Å². The largest absolute Gasteiger partial charge is 0.294 e. The second-order valence-corrected chi connectivity index (χ2v) is 9.70. The predicted molar refractivity (Wildman–Crippen MR) is 120 cm³/mol. The van der Waals surface area contributed by atoms with Gasteiger partial charge >= 0.3 is 0 Å². The molecule has 0 aliphatic heterocycles. The summed E-state index contributed by atoms with van der Waals surface area (Å²) in [5, 5.41) is 0. The van der Waals surface area contributed by atoms with Crippen LogP contribution in [0.25, 0.3) is 16.8 Å². The van der Waals surface area contributed by atoms with Gasteiger partial charge in [0, 0.05) is 23.6 Å². The molecule has 2 aliphatic carbocycles. The van der Waals surface area contributed by atoms with E-state index in [2.05, 4.69) is 25.5 Å². The summed E-state index contributed by atoms with van der Waals surface area (Å²) in [6, 6.07) is 15.6. The highest BCUT2D eigenvalue weighted by Gasteiger charge is 2.62. The first-order valence-corrected chi connectivity index (χ1v) is 10.7. The maximum atomic E-state index is 13.6. The van der Waals surface area contributed by atoms with Crippen LogP contribution in [0.2, 0.25) is 0 Å². The monoisotopic (exact) mass is 400 g/mol. The molecule has 2 aliphatic rings. The molecular weight excluding hydrogens is 372 g/mol. The maximum Gasteiger partial charge on any atom is 0.275 e. The molecule has 2 aromatic carbocycles. The zero-order chi connectivity index (χ0) is 21.4. The highest BCUT2D eigenvalue weighted by Crippen LogP contribution is 2.66. The smallest absolute Gasteiger partial charge is 0.275 e. The molecule has 2 atom stereocenters. The molecule has 3 aromatic rings. The van der Waals surface area contributed by atoms with E-state index in [0.717, 1.165) is 35.2 Å². The minimum atomic E-state index is 0.0188. The summed E-state index contributed by atoms with van der Waals surface area (Å²) >= 11 is 0. The molecule has 1 heterocycles. The summed E-state index contributed by atoms with van der Waals surface area (Å²) in [7, 11) is 2.01. The van der Waals surface area contributed by atoms with E-state index in [1.54, 1.807) is 6.92 Å². The van der Waals surface area contributed by atoms with Crippen molar-refractivity contribution >= 4 is 5.78 Å². The van der Waals surface area contributed by atoms with Crippen molar-refractivity contribution in [2.24, 2.45) is 12.5 Å². The molecule has 4 nitrogen and oxygen atoms in total. The third-order valence-electron chi connectivity index (χ3n) is 8.11. The quantitative estimate of drug-likeness (QED) is 0.566. The Morgan fingerprint density at radius 2 is 1.80 bits per heavy atom. The van der Waals surface area contributed by atoms with Gasteiger partial charge in [0.25, 0.3) is 5.56 Å². The molecule has 0 amide bonds. The summed E-state index contributed by atoms with van der Waals surface area (Å²) in [5.41, 5.74) is 5.81. The average Bonchev–Trinajstić information content (AvgIpc) is 3.19. The maximum absolute atomic E-state index is 13.6. The third kappa shape index (κ3) is 2.22. The first kappa shape index (κ1) is 19.1. The van der Waals surface area contributed by atoms with Crippen LogP contribution in [0, 0.1) is 5.41 Å². The lowest BCUT2D eigenvalue weighted by atomic mass is 9.70. The molecule has 0 N–H and O–H groups in total. The van der Waals surface area contributed by atoms with Gasteiger partial charge in [-0.2, -0.15) is 0 Å². The van der Waals surface area contributed by atoms with Crippen LogP contribution in [-0.2, 0) is 12.5 Å². The van der Waals surface area contributed by atoms with Crippen LogP contribution >= 0.6 is 0 Å². The molecule has 30 heavy (non-hydrogen) atoms. The van der Waals surface area contributed by atoms with Crippen LogP contribution < -0.4 is 5.56 Å². The molecule has 154 valence electrons. The normalized spacial score (nSPS) is 23.6. The van der Waals surface area contributed by atoms with E-state index >= 15 is 0 Å². The Hall–Kier alpha value is -2.88. The zero-order valence-electron chi connectivity index (χ0n) is 18.3. The number of fused-ring (bicyclic) bond motifs is 5. The second-order valence-electron chi connectivity index (χ2n) is 9.70. The molecule has 0 saturated heterocycles. The lowest BCUT2D eigenvalue weighted by Crippen LogP contribution is -2.35. The predicted octanol–water partition coefficient (Wildman–Crippen LogP) is 5.22. The summed E-state index contributed by atoms with van der Waals surface area (Å²) in [6.45, 7) is 8.54. The number of benzene rings is 2. The van der Waals surface area contributed by atoms with Crippen LogP contribution in [-0.4, -0.2) is 15.1 Å². The van der Waals surface area contributed by atoms with E-state index in [1.807, 2.05) is 60.3 Å². The van der Waals surface area contributed by atoms with Crippen LogP contribution in [0.15, 0.2) is 53.3 Å². The van der Waals surface area contributed by atoms with Crippen LogP contribution in [0.4, 0.5) is 0 Å². The number of hydrogen-bond acceptors (Lipinski definition) is 2. The Morgan fingerprint density at radius 1 is 1.07 bits per heavy atom. The Kier molecular flexibility index (Phi) is 3.86.